The molecule has 5 nitrogen and oxygen atoms in total. The minimum Gasteiger partial charge on any atom is -0.466 e. The Bertz CT molecular complexity index is 644. The third-order valence-electron chi connectivity index (χ3n) is 5.37. The van der Waals surface area contributed by atoms with Gasteiger partial charge in [0.25, 0.3) is 0 Å². The Morgan fingerprint density at radius 2 is 2.08 bits per heavy atom. The van der Waals surface area contributed by atoms with E-state index in [1.54, 1.807) is 0 Å². The van der Waals surface area contributed by atoms with Gasteiger partial charge in [0.1, 0.15) is 0 Å². The molecule has 0 aromatic heterocycles. The molecule has 1 aromatic rings. The number of carbonyl (C=O) groups is 2. The average molecular weight is 344 g/mol. The minimum atomic E-state index is -0.259. The van der Waals surface area contributed by atoms with E-state index in [1.165, 1.54) is 17.5 Å². The van der Waals surface area contributed by atoms with Crippen LogP contribution < -0.4 is 5.32 Å². The summed E-state index contributed by atoms with van der Waals surface area (Å²) in [5.41, 5.74) is 3.63. The number of carbonyl (C=O) groups excluding carboxylic acids is 2. The van der Waals surface area contributed by atoms with E-state index in [0.29, 0.717) is 13.2 Å². The molecule has 1 aliphatic heterocycles. The maximum Gasteiger partial charge on any atom is 0.310 e. The highest BCUT2D eigenvalue weighted by Crippen LogP contribution is 2.25. The number of aryl methyl sites for hydroxylation is 2. The molecule has 136 valence electrons. The molecule has 0 spiro atoms. The van der Waals surface area contributed by atoms with Gasteiger partial charge >= 0.3 is 5.97 Å². The van der Waals surface area contributed by atoms with Crippen molar-refractivity contribution in [2.75, 3.05) is 25.0 Å². The van der Waals surface area contributed by atoms with Gasteiger partial charge in [0.05, 0.1) is 18.6 Å². The summed E-state index contributed by atoms with van der Waals surface area (Å²) in [6.45, 7) is 5.58. The lowest BCUT2D eigenvalue weighted by atomic mass is 9.97. The average Bonchev–Trinajstić information content (AvgIpc) is 3.09. The van der Waals surface area contributed by atoms with Gasteiger partial charge in [-0.1, -0.05) is 6.07 Å². The fraction of sp³-hybridized carbons (Fsp3) is 0.600. The molecule has 1 saturated heterocycles. The highest BCUT2D eigenvalue weighted by molar-refractivity contribution is 5.94. The largest absolute Gasteiger partial charge is 0.466 e. The summed E-state index contributed by atoms with van der Waals surface area (Å²) in [6.07, 6.45) is 5.20. The third kappa shape index (κ3) is 4.21. The van der Waals surface area contributed by atoms with Crippen molar-refractivity contribution in [1.29, 1.82) is 0 Å². The topological polar surface area (TPSA) is 58.6 Å². The van der Waals surface area contributed by atoms with Crippen molar-refractivity contribution in [3.8, 4) is 0 Å². The van der Waals surface area contributed by atoms with Crippen molar-refractivity contribution in [1.82, 2.24) is 4.90 Å². The summed E-state index contributed by atoms with van der Waals surface area (Å²) in [4.78, 5) is 26.7. The second-order valence-electron chi connectivity index (χ2n) is 7.09. The van der Waals surface area contributed by atoms with E-state index in [2.05, 4.69) is 22.3 Å². The van der Waals surface area contributed by atoms with Crippen molar-refractivity contribution >= 4 is 17.6 Å². The molecule has 25 heavy (non-hydrogen) atoms. The first kappa shape index (κ1) is 17.9. The first-order chi connectivity index (χ1) is 12.1. The zero-order valence-corrected chi connectivity index (χ0v) is 15.2. The molecule has 0 saturated carbocycles. The predicted molar refractivity (Wildman–Crippen MR) is 97.5 cm³/mol. The summed E-state index contributed by atoms with van der Waals surface area (Å²) in [6, 6.07) is 5.96. The maximum atomic E-state index is 12.6. The second-order valence-corrected chi connectivity index (χ2v) is 7.09. The number of hydrogen-bond acceptors (Lipinski definition) is 4. The molecule has 0 bridgehead atoms. The fourth-order valence-electron chi connectivity index (χ4n) is 3.87. The molecule has 0 radical (unpaired) electrons. The number of benzene rings is 1. The lowest BCUT2D eigenvalue weighted by Crippen LogP contribution is -2.48. The summed E-state index contributed by atoms with van der Waals surface area (Å²) < 4.78 is 5.14. The molecule has 1 heterocycles. The van der Waals surface area contributed by atoms with Gasteiger partial charge in [-0.05, 0) is 75.8 Å². The van der Waals surface area contributed by atoms with Gasteiger partial charge in [-0.2, -0.15) is 0 Å². The number of likely N-dealkylation sites (tertiary alicyclic amines) is 1. The van der Waals surface area contributed by atoms with Crippen molar-refractivity contribution in [3.63, 3.8) is 0 Å². The molecule has 1 N–H and O–H groups in total. The molecule has 1 amide bonds. The van der Waals surface area contributed by atoms with Gasteiger partial charge in [-0.25, -0.2) is 0 Å². The van der Waals surface area contributed by atoms with Crippen molar-refractivity contribution in [3.05, 3.63) is 29.3 Å². The molecular formula is C20H28N2O3. The normalized spacial score (nSPS) is 21.4. The maximum absolute atomic E-state index is 12.6. The zero-order chi connectivity index (χ0) is 17.8. The van der Waals surface area contributed by atoms with E-state index in [0.717, 1.165) is 37.9 Å². The van der Waals surface area contributed by atoms with Gasteiger partial charge in [0.2, 0.25) is 5.91 Å². The highest BCUT2D eigenvalue weighted by atomic mass is 16.5. The van der Waals surface area contributed by atoms with Crippen molar-refractivity contribution in [2.45, 2.75) is 52.0 Å². The van der Waals surface area contributed by atoms with Gasteiger partial charge in [0, 0.05) is 12.2 Å². The smallest absolute Gasteiger partial charge is 0.310 e. The van der Waals surface area contributed by atoms with E-state index in [-0.39, 0.29) is 23.8 Å². The standard InChI is InChI=1S/C20H28N2O3/c1-3-25-20(24)17-8-5-11-22(13-17)14(2)19(23)21-18-10-9-15-6-4-7-16(15)12-18/h9-10,12,14,17H,3-8,11,13H2,1-2H3,(H,21,23)/t14-,17-/m0/s1. The van der Waals surface area contributed by atoms with E-state index in [9.17, 15) is 9.59 Å². The van der Waals surface area contributed by atoms with E-state index in [1.807, 2.05) is 19.9 Å². The Morgan fingerprint density at radius 1 is 1.28 bits per heavy atom. The van der Waals surface area contributed by atoms with Crippen LogP contribution in [-0.2, 0) is 27.2 Å². The first-order valence-corrected chi connectivity index (χ1v) is 9.42. The Morgan fingerprint density at radius 3 is 2.88 bits per heavy atom. The van der Waals surface area contributed by atoms with Gasteiger partial charge in [-0.3, -0.25) is 14.5 Å². The number of esters is 1. The Balaban J connectivity index is 1.59. The lowest BCUT2D eigenvalue weighted by Gasteiger charge is -2.35. The quantitative estimate of drug-likeness (QED) is 0.835. The summed E-state index contributed by atoms with van der Waals surface area (Å²) in [5, 5.41) is 3.04. The van der Waals surface area contributed by atoms with Crippen LogP contribution in [-0.4, -0.2) is 42.5 Å². The fourth-order valence-corrected chi connectivity index (χ4v) is 3.87. The number of rotatable bonds is 5. The summed E-state index contributed by atoms with van der Waals surface area (Å²) >= 11 is 0. The number of piperidine rings is 1. The highest BCUT2D eigenvalue weighted by Gasteiger charge is 2.31. The monoisotopic (exact) mass is 344 g/mol. The number of hydrogen-bond donors (Lipinski definition) is 1. The molecule has 3 rings (SSSR count). The van der Waals surface area contributed by atoms with Gasteiger partial charge in [-0.15, -0.1) is 0 Å². The van der Waals surface area contributed by atoms with Crippen LogP contribution >= 0.6 is 0 Å². The molecule has 1 aromatic carbocycles. The van der Waals surface area contributed by atoms with Crippen LogP contribution in [0.3, 0.4) is 0 Å². The van der Waals surface area contributed by atoms with Crippen LogP contribution in [0.25, 0.3) is 0 Å². The minimum absolute atomic E-state index is 0.0116. The van der Waals surface area contributed by atoms with E-state index in [4.69, 9.17) is 4.74 Å². The first-order valence-electron chi connectivity index (χ1n) is 9.42. The number of anilines is 1. The van der Waals surface area contributed by atoms with Crippen LogP contribution in [0.2, 0.25) is 0 Å². The van der Waals surface area contributed by atoms with E-state index >= 15 is 0 Å². The SMILES string of the molecule is CCOC(=O)[C@H]1CCCN([C@@H](C)C(=O)Nc2ccc3c(c2)CCC3)C1. The van der Waals surface area contributed by atoms with Crippen LogP contribution in [0.5, 0.6) is 0 Å². The summed E-state index contributed by atoms with van der Waals surface area (Å²) in [7, 11) is 0. The van der Waals surface area contributed by atoms with Crippen LogP contribution in [0.1, 0.15) is 44.2 Å². The molecule has 2 aliphatic rings. The molecule has 1 aliphatic carbocycles. The van der Waals surface area contributed by atoms with E-state index < -0.39 is 0 Å². The van der Waals surface area contributed by atoms with Crippen molar-refractivity contribution < 1.29 is 14.3 Å². The molecule has 0 unspecified atom stereocenters. The second kappa shape index (κ2) is 8.00. The molecule has 2 atom stereocenters. The summed E-state index contributed by atoms with van der Waals surface area (Å²) in [5.74, 6) is -0.273. The van der Waals surface area contributed by atoms with Crippen LogP contribution in [0.4, 0.5) is 5.69 Å². The molecular weight excluding hydrogens is 316 g/mol. The third-order valence-corrected chi connectivity index (χ3v) is 5.37. The Kier molecular flexibility index (Phi) is 5.74. The van der Waals surface area contributed by atoms with Gasteiger partial charge < -0.3 is 10.1 Å². The number of ether oxygens (including phenoxy) is 1. The number of amides is 1. The Labute approximate surface area is 149 Å². The molecule has 5 heteroatoms. The van der Waals surface area contributed by atoms with Crippen molar-refractivity contribution in [2.24, 2.45) is 5.92 Å². The van der Waals surface area contributed by atoms with Crippen LogP contribution in [0, 0.1) is 5.92 Å². The number of nitrogens with zero attached hydrogens (tertiary/aromatic N) is 1. The van der Waals surface area contributed by atoms with Gasteiger partial charge in [0.15, 0.2) is 0 Å². The lowest BCUT2D eigenvalue weighted by molar-refractivity contribution is -0.150. The number of fused-ring (bicyclic) bond motifs is 1. The van der Waals surface area contributed by atoms with Crippen LogP contribution in [0.15, 0.2) is 18.2 Å². The Hall–Kier alpha value is -1.88. The number of nitrogens with one attached hydrogen (secondary N) is 1. The zero-order valence-electron chi connectivity index (χ0n) is 15.2. The predicted octanol–water partition coefficient (Wildman–Crippen LogP) is 2.78. The molecule has 1 fully saturated rings.